The van der Waals surface area contributed by atoms with Gasteiger partial charge in [-0.2, -0.15) is 0 Å². The second-order valence-corrected chi connectivity index (χ2v) is 6.80. The Balaban J connectivity index is 1.90. The van der Waals surface area contributed by atoms with Gasteiger partial charge in [-0.25, -0.2) is 14.8 Å². The average Bonchev–Trinajstić information content (AvgIpc) is 2.85. The molecule has 1 fully saturated rings. The summed E-state index contributed by atoms with van der Waals surface area (Å²) in [7, 11) is 0. The van der Waals surface area contributed by atoms with Crippen molar-refractivity contribution in [2.24, 2.45) is 0 Å². The van der Waals surface area contributed by atoms with Gasteiger partial charge in [-0.3, -0.25) is 0 Å². The molecule has 1 saturated heterocycles. The standard InChI is InChI=1S/C14H22N4O2S/c1-14(2,3)20-13(19)16-10-6-8-18(9-10)12-15-7-5-11(17-12)21-4/h5,7,10H,6,8-9H2,1-4H3,(H,16,19). The maximum Gasteiger partial charge on any atom is 0.407 e. The maximum atomic E-state index is 11.8. The number of rotatable bonds is 3. The van der Waals surface area contributed by atoms with Crippen LogP contribution in [-0.4, -0.2) is 47.0 Å². The molecule has 0 aliphatic carbocycles. The van der Waals surface area contributed by atoms with Crippen LogP contribution in [0.3, 0.4) is 0 Å². The van der Waals surface area contributed by atoms with E-state index in [-0.39, 0.29) is 12.1 Å². The fourth-order valence-electron chi connectivity index (χ4n) is 2.13. The van der Waals surface area contributed by atoms with Crippen molar-refractivity contribution in [1.29, 1.82) is 0 Å². The number of alkyl carbamates (subject to hydrolysis) is 1. The third-order valence-corrected chi connectivity index (χ3v) is 3.66. The minimum absolute atomic E-state index is 0.0707. The van der Waals surface area contributed by atoms with Crippen LogP contribution in [0, 0.1) is 0 Å². The lowest BCUT2D eigenvalue weighted by Crippen LogP contribution is -2.40. The number of nitrogens with one attached hydrogen (secondary N) is 1. The van der Waals surface area contributed by atoms with Crippen LogP contribution in [0.2, 0.25) is 0 Å². The van der Waals surface area contributed by atoms with E-state index in [0.717, 1.165) is 23.9 Å². The Bertz CT molecular complexity index is 504. The topological polar surface area (TPSA) is 67.4 Å². The number of aromatic nitrogens is 2. The molecule has 1 atom stereocenters. The number of hydrogen-bond donors (Lipinski definition) is 1. The highest BCUT2D eigenvalue weighted by Crippen LogP contribution is 2.19. The third kappa shape index (κ3) is 4.77. The lowest BCUT2D eigenvalue weighted by molar-refractivity contribution is 0.0509. The fourth-order valence-corrected chi connectivity index (χ4v) is 2.50. The minimum atomic E-state index is -0.474. The Morgan fingerprint density at radius 2 is 2.29 bits per heavy atom. The second-order valence-electron chi connectivity index (χ2n) is 5.98. The molecule has 0 bridgehead atoms. The lowest BCUT2D eigenvalue weighted by atomic mass is 10.2. The van der Waals surface area contributed by atoms with Gasteiger partial charge in [-0.1, -0.05) is 0 Å². The van der Waals surface area contributed by atoms with Crippen LogP contribution >= 0.6 is 11.8 Å². The smallest absolute Gasteiger partial charge is 0.407 e. The zero-order valence-electron chi connectivity index (χ0n) is 12.9. The summed E-state index contributed by atoms with van der Waals surface area (Å²) in [6, 6.07) is 1.96. The van der Waals surface area contributed by atoms with Crippen molar-refractivity contribution in [3.8, 4) is 0 Å². The maximum absolute atomic E-state index is 11.8. The summed E-state index contributed by atoms with van der Waals surface area (Å²) >= 11 is 1.59. The quantitative estimate of drug-likeness (QED) is 0.682. The van der Waals surface area contributed by atoms with Crippen LogP contribution < -0.4 is 10.2 Å². The molecule has 6 nitrogen and oxygen atoms in total. The van der Waals surface area contributed by atoms with Crippen LogP contribution in [0.5, 0.6) is 0 Å². The van der Waals surface area contributed by atoms with E-state index in [0.29, 0.717) is 6.54 Å². The molecule has 1 aromatic rings. The predicted octanol–water partition coefficient (Wildman–Crippen LogP) is 2.30. The molecule has 1 aliphatic rings. The van der Waals surface area contributed by atoms with E-state index in [9.17, 15) is 4.79 Å². The van der Waals surface area contributed by atoms with E-state index in [1.54, 1.807) is 18.0 Å². The van der Waals surface area contributed by atoms with Crippen molar-refractivity contribution < 1.29 is 9.53 Å². The molecule has 0 spiro atoms. The molecule has 2 heterocycles. The molecule has 0 saturated carbocycles. The molecule has 1 amide bonds. The molecule has 1 N–H and O–H groups in total. The molecule has 2 rings (SSSR count). The molecular weight excluding hydrogens is 288 g/mol. The molecule has 0 aromatic carbocycles. The van der Waals surface area contributed by atoms with Gasteiger partial charge in [-0.05, 0) is 39.5 Å². The number of anilines is 1. The van der Waals surface area contributed by atoms with E-state index < -0.39 is 5.60 Å². The third-order valence-electron chi connectivity index (χ3n) is 3.02. The van der Waals surface area contributed by atoms with Gasteiger partial charge in [0.05, 0.1) is 6.04 Å². The minimum Gasteiger partial charge on any atom is -0.444 e. The van der Waals surface area contributed by atoms with Crippen molar-refractivity contribution in [3.63, 3.8) is 0 Å². The van der Waals surface area contributed by atoms with Crippen molar-refractivity contribution in [3.05, 3.63) is 12.3 Å². The van der Waals surface area contributed by atoms with E-state index >= 15 is 0 Å². The lowest BCUT2D eigenvalue weighted by Gasteiger charge is -2.22. The number of hydrogen-bond acceptors (Lipinski definition) is 6. The highest BCUT2D eigenvalue weighted by Gasteiger charge is 2.27. The number of ether oxygens (including phenoxy) is 1. The summed E-state index contributed by atoms with van der Waals surface area (Å²) in [5.41, 5.74) is -0.474. The van der Waals surface area contributed by atoms with Crippen molar-refractivity contribution in [1.82, 2.24) is 15.3 Å². The Morgan fingerprint density at radius 3 is 2.95 bits per heavy atom. The van der Waals surface area contributed by atoms with Gasteiger partial charge in [0.1, 0.15) is 10.6 Å². The van der Waals surface area contributed by atoms with Gasteiger partial charge in [0, 0.05) is 19.3 Å². The van der Waals surface area contributed by atoms with E-state index in [1.807, 2.05) is 33.1 Å². The largest absolute Gasteiger partial charge is 0.444 e. The SMILES string of the molecule is CSc1ccnc(N2CCC(NC(=O)OC(C)(C)C)C2)n1. The highest BCUT2D eigenvalue weighted by atomic mass is 32.2. The Labute approximate surface area is 129 Å². The van der Waals surface area contributed by atoms with Gasteiger partial charge in [0.15, 0.2) is 0 Å². The van der Waals surface area contributed by atoms with Gasteiger partial charge in [0.2, 0.25) is 5.95 Å². The Kier molecular flexibility index (Phi) is 4.92. The van der Waals surface area contributed by atoms with Crippen LogP contribution in [0.25, 0.3) is 0 Å². The zero-order chi connectivity index (χ0) is 15.5. The van der Waals surface area contributed by atoms with Crippen LogP contribution in [-0.2, 0) is 4.74 Å². The first kappa shape index (κ1) is 15.9. The van der Waals surface area contributed by atoms with Gasteiger partial charge < -0.3 is 15.0 Å². The first-order valence-corrected chi connectivity index (χ1v) is 8.21. The molecular formula is C14H22N4O2S. The molecule has 1 aliphatic heterocycles. The Hall–Kier alpha value is -1.50. The number of nitrogens with zero attached hydrogens (tertiary/aromatic N) is 3. The number of amides is 1. The summed E-state index contributed by atoms with van der Waals surface area (Å²) in [5.74, 6) is 0.718. The molecule has 1 unspecified atom stereocenters. The first-order chi connectivity index (χ1) is 9.87. The Morgan fingerprint density at radius 1 is 1.52 bits per heavy atom. The monoisotopic (exact) mass is 310 g/mol. The summed E-state index contributed by atoms with van der Waals surface area (Å²) in [5, 5.41) is 3.85. The molecule has 21 heavy (non-hydrogen) atoms. The van der Waals surface area contributed by atoms with Crippen molar-refractivity contribution >= 4 is 23.8 Å². The van der Waals surface area contributed by atoms with E-state index in [2.05, 4.69) is 20.2 Å². The summed E-state index contributed by atoms with van der Waals surface area (Å²) < 4.78 is 5.27. The predicted molar refractivity (Wildman–Crippen MR) is 83.8 cm³/mol. The van der Waals surface area contributed by atoms with Crippen LogP contribution in [0.1, 0.15) is 27.2 Å². The van der Waals surface area contributed by atoms with Crippen LogP contribution in [0.15, 0.2) is 17.3 Å². The molecule has 0 radical (unpaired) electrons. The van der Waals surface area contributed by atoms with E-state index in [1.165, 1.54) is 0 Å². The molecule has 116 valence electrons. The zero-order valence-corrected chi connectivity index (χ0v) is 13.7. The number of carbonyl (C=O) groups excluding carboxylic acids is 1. The number of thioether (sulfide) groups is 1. The van der Waals surface area contributed by atoms with Gasteiger partial charge in [-0.15, -0.1) is 11.8 Å². The van der Waals surface area contributed by atoms with Gasteiger partial charge >= 0.3 is 6.09 Å². The van der Waals surface area contributed by atoms with E-state index in [4.69, 9.17) is 4.74 Å². The first-order valence-electron chi connectivity index (χ1n) is 6.99. The van der Waals surface area contributed by atoms with Crippen molar-refractivity contribution in [2.45, 2.75) is 43.9 Å². The summed E-state index contributed by atoms with van der Waals surface area (Å²) in [6.07, 6.45) is 4.26. The molecule has 1 aromatic heterocycles. The summed E-state index contributed by atoms with van der Waals surface area (Å²) in [4.78, 5) is 22.6. The normalized spacial score (nSPS) is 18.7. The van der Waals surface area contributed by atoms with Crippen molar-refractivity contribution in [2.75, 3.05) is 24.2 Å². The highest BCUT2D eigenvalue weighted by molar-refractivity contribution is 7.98. The van der Waals surface area contributed by atoms with Crippen LogP contribution in [0.4, 0.5) is 10.7 Å². The average molecular weight is 310 g/mol. The number of carbonyl (C=O) groups is 1. The summed E-state index contributed by atoms with van der Waals surface area (Å²) in [6.45, 7) is 7.11. The van der Waals surface area contributed by atoms with Gasteiger partial charge in [0.25, 0.3) is 0 Å². The second kappa shape index (κ2) is 6.51. The fraction of sp³-hybridized carbons (Fsp3) is 0.643. The molecule has 7 heteroatoms.